The SMILES string of the molecule is CCCCCCC/C=C\C/C=C\C/C=C\CCCCCCCCCCCCC(=O)OC(COC(=O)CCCCCCCCCCCCCCCCC/C=C\C/C=C\CCCCCCC)COP(=O)([O-])OCC[N+](C)(C)C. The summed E-state index contributed by atoms with van der Waals surface area (Å²) in [4.78, 5) is 38.0. The lowest BCUT2D eigenvalue weighted by Crippen LogP contribution is -2.37. The van der Waals surface area contributed by atoms with E-state index in [2.05, 4.69) is 74.6 Å². The highest BCUT2D eigenvalue weighted by molar-refractivity contribution is 7.45. The van der Waals surface area contributed by atoms with Crippen molar-refractivity contribution in [2.45, 2.75) is 302 Å². The first kappa shape index (κ1) is 73.7. The molecule has 0 aliphatic heterocycles. The van der Waals surface area contributed by atoms with Crippen LogP contribution >= 0.6 is 7.82 Å². The average molecular weight is 1090 g/mol. The molecule has 0 aromatic rings. The van der Waals surface area contributed by atoms with Crippen LogP contribution in [-0.2, 0) is 32.7 Å². The standard InChI is InChI=1S/C66H122NO8P/c1-6-8-10-12-14-16-18-20-22-24-26-28-30-32-33-35-36-38-40-42-44-46-48-50-52-54-56-58-65(68)72-62-64(63-74-76(70,71)73-61-60-67(3,4)5)75-66(69)59-57-55-53-51-49-47-45-43-41-39-37-34-31-29-27-25-23-21-19-17-15-13-11-9-7-2/h18-21,24-27,31,34,64H,6-17,22-23,28-30,32-33,35-63H2,1-5H3/b20-18-,21-19-,26-24-,27-25-,34-31-. The summed E-state index contributed by atoms with van der Waals surface area (Å²) in [5, 5.41) is 0. The molecule has 0 aromatic heterocycles. The van der Waals surface area contributed by atoms with Crippen LogP contribution < -0.4 is 4.89 Å². The van der Waals surface area contributed by atoms with Crippen LogP contribution in [0.2, 0.25) is 0 Å². The number of hydrogen-bond acceptors (Lipinski definition) is 8. The van der Waals surface area contributed by atoms with Crippen LogP contribution in [0.15, 0.2) is 60.8 Å². The monoisotopic (exact) mass is 1090 g/mol. The number of esters is 2. The van der Waals surface area contributed by atoms with Crippen LogP contribution in [0.25, 0.3) is 0 Å². The maximum Gasteiger partial charge on any atom is 0.306 e. The summed E-state index contributed by atoms with van der Waals surface area (Å²) >= 11 is 0. The van der Waals surface area contributed by atoms with Gasteiger partial charge in [0.05, 0.1) is 27.7 Å². The number of unbranched alkanes of at least 4 members (excludes halogenated alkanes) is 35. The Labute approximate surface area is 470 Å². The first-order chi connectivity index (χ1) is 37.0. The molecule has 0 amide bonds. The van der Waals surface area contributed by atoms with Crippen molar-refractivity contribution in [3.63, 3.8) is 0 Å². The molecule has 2 atom stereocenters. The van der Waals surface area contributed by atoms with Gasteiger partial charge < -0.3 is 27.9 Å². The summed E-state index contributed by atoms with van der Waals surface area (Å²) in [7, 11) is 1.17. The van der Waals surface area contributed by atoms with Gasteiger partial charge in [-0.15, -0.1) is 0 Å². The van der Waals surface area contributed by atoms with E-state index in [4.69, 9.17) is 18.5 Å². The van der Waals surface area contributed by atoms with Gasteiger partial charge in [-0.25, -0.2) is 0 Å². The summed E-state index contributed by atoms with van der Waals surface area (Å²) in [5.74, 6) is -0.828. The van der Waals surface area contributed by atoms with Gasteiger partial charge in [-0.05, 0) is 83.5 Å². The Morgan fingerprint density at radius 2 is 0.711 bits per heavy atom. The lowest BCUT2D eigenvalue weighted by atomic mass is 10.0. The fourth-order valence-electron chi connectivity index (χ4n) is 9.05. The molecule has 0 saturated carbocycles. The van der Waals surface area contributed by atoms with E-state index in [0.29, 0.717) is 17.4 Å². The zero-order valence-corrected chi connectivity index (χ0v) is 51.3. The Hall–Kier alpha value is -2.29. The predicted molar refractivity (Wildman–Crippen MR) is 323 cm³/mol. The molecule has 0 aliphatic carbocycles. The Morgan fingerprint density at radius 3 is 1.05 bits per heavy atom. The Kier molecular flexibility index (Phi) is 55.7. The number of phosphoric ester groups is 1. The van der Waals surface area contributed by atoms with E-state index < -0.39 is 26.5 Å². The van der Waals surface area contributed by atoms with Gasteiger partial charge in [0.15, 0.2) is 6.10 Å². The quantitative estimate of drug-likeness (QED) is 0.0195. The van der Waals surface area contributed by atoms with E-state index in [-0.39, 0.29) is 32.0 Å². The molecule has 0 fully saturated rings. The Morgan fingerprint density at radius 1 is 0.408 bits per heavy atom. The van der Waals surface area contributed by atoms with Gasteiger partial charge in [0.25, 0.3) is 7.82 Å². The highest BCUT2D eigenvalue weighted by Crippen LogP contribution is 2.38. The van der Waals surface area contributed by atoms with Gasteiger partial charge in [-0.2, -0.15) is 0 Å². The van der Waals surface area contributed by atoms with Crippen LogP contribution in [0, 0.1) is 0 Å². The predicted octanol–water partition coefficient (Wildman–Crippen LogP) is 19.6. The maximum absolute atomic E-state index is 12.8. The minimum atomic E-state index is -4.64. The fourth-order valence-corrected chi connectivity index (χ4v) is 9.78. The van der Waals surface area contributed by atoms with E-state index in [9.17, 15) is 19.0 Å². The van der Waals surface area contributed by atoms with E-state index in [0.717, 1.165) is 64.2 Å². The molecule has 0 N–H and O–H groups in total. The van der Waals surface area contributed by atoms with Crippen molar-refractivity contribution in [2.24, 2.45) is 0 Å². The van der Waals surface area contributed by atoms with Crippen molar-refractivity contribution in [3.05, 3.63) is 60.8 Å². The molecule has 0 saturated heterocycles. The van der Waals surface area contributed by atoms with E-state index in [1.165, 1.54) is 199 Å². The van der Waals surface area contributed by atoms with Crippen LogP contribution in [0.5, 0.6) is 0 Å². The molecule has 0 aliphatic rings. The summed E-state index contributed by atoms with van der Waals surface area (Å²) in [6, 6.07) is 0. The van der Waals surface area contributed by atoms with Gasteiger partial charge in [-0.3, -0.25) is 14.2 Å². The van der Waals surface area contributed by atoms with Gasteiger partial charge >= 0.3 is 11.9 Å². The smallest absolute Gasteiger partial charge is 0.306 e. The van der Waals surface area contributed by atoms with E-state index >= 15 is 0 Å². The summed E-state index contributed by atoms with van der Waals surface area (Å²) in [6.45, 7) is 4.25. The molecule has 9 nitrogen and oxygen atoms in total. The van der Waals surface area contributed by atoms with Crippen molar-refractivity contribution in [3.8, 4) is 0 Å². The maximum atomic E-state index is 12.8. The molecular weight excluding hydrogens is 966 g/mol. The molecule has 444 valence electrons. The highest BCUT2D eigenvalue weighted by atomic mass is 31.2. The van der Waals surface area contributed by atoms with Gasteiger partial charge in [0.2, 0.25) is 0 Å². The Bertz CT molecular complexity index is 1470. The fraction of sp³-hybridized carbons (Fsp3) is 0.818. The third-order valence-electron chi connectivity index (χ3n) is 14.0. The molecule has 10 heteroatoms. The first-order valence-corrected chi connectivity index (χ1v) is 33.5. The second-order valence-corrected chi connectivity index (χ2v) is 24.2. The summed E-state index contributed by atoms with van der Waals surface area (Å²) < 4.78 is 34.2. The minimum Gasteiger partial charge on any atom is -0.756 e. The molecule has 0 aromatic carbocycles. The largest absolute Gasteiger partial charge is 0.756 e. The molecule has 0 bridgehead atoms. The van der Waals surface area contributed by atoms with Crippen molar-refractivity contribution >= 4 is 19.8 Å². The normalized spacial score (nSPS) is 13.6. The van der Waals surface area contributed by atoms with Crippen LogP contribution in [0.3, 0.4) is 0 Å². The van der Waals surface area contributed by atoms with Crippen molar-refractivity contribution in [1.82, 2.24) is 0 Å². The third kappa shape index (κ3) is 60.9. The second-order valence-electron chi connectivity index (χ2n) is 22.8. The van der Waals surface area contributed by atoms with Crippen molar-refractivity contribution < 1.29 is 42.1 Å². The number of carbonyl (C=O) groups excluding carboxylic acids is 2. The van der Waals surface area contributed by atoms with E-state index in [1.807, 2.05) is 21.1 Å². The second kappa shape index (κ2) is 57.4. The lowest BCUT2D eigenvalue weighted by Gasteiger charge is -2.28. The number of rotatable bonds is 59. The van der Waals surface area contributed by atoms with Crippen LogP contribution in [-0.4, -0.2) is 70.0 Å². The lowest BCUT2D eigenvalue weighted by molar-refractivity contribution is -0.870. The number of likely N-dealkylation sites (N-methyl/N-ethyl adjacent to an activating group) is 1. The van der Waals surface area contributed by atoms with Gasteiger partial charge in [-0.1, -0.05) is 261 Å². The molecule has 0 heterocycles. The molecule has 2 unspecified atom stereocenters. The summed E-state index contributed by atoms with van der Waals surface area (Å²) in [6.07, 6.45) is 74.2. The van der Waals surface area contributed by atoms with Crippen molar-refractivity contribution in [2.75, 3.05) is 47.5 Å². The number of phosphoric acid groups is 1. The molecule has 0 rings (SSSR count). The van der Waals surface area contributed by atoms with Gasteiger partial charge in [0, 0.05) is 12.8 Å². The number of hydrogen-bond donors (Lipinski definition) is 0. The third-order valence-corrected chi connectivity index (χ3v) is 15.0. The highest BCUT2D eigenvalue weighted by Gasteiger charge is 2.22. The number of ether oxygens (including phenoxy) is 2. The Balaban J connectivity index is 4.11. The molecular formula is C66H122NO8P. The molecule has 76 heavy (non-hydrogen) atoms. The molecule has 0 spiro atoms. The molecule has 0 radical (unpaired) electrons. The average Bonchev–Trinajstić information content (AvgIpc) is 3.38. The number of carbonyl (C=O) groups is 2. The first-order valence-electron chi connectivity index (χ1n) is 32.0. The van der Waals surface area contributed by atoms with Crippen LogP contribution in [0.1, 0.15) is 296 Å². The zero-order chi connectivity index (χ0) is 55.6. The van der Waals surface area contributed by atoms with Gasteiger partial charge in [0.1, 0.15) is 19.8 Å². The van der Waals surface area contributed by atoms with Crippen LogP contribution in [0.4, 0.5) is 0 Å². The number of allylic oxidation sites excluding steroid dienone is 10. The number of quaternary nitrogens is 1. The zero-order valence-electron chi connectivity index (χ0n) is 50.5. The van der Waals surface area contributed by atoms with E-state index in [1.54, 1.807) is 0 Å². The summed E-state index contributed by atoms with van der Waals surface area (Å²) in [5.41, 5.74) is 0. The number of nitrogens with zero attached hydrogens (tertiary/aromatic N) is 1. The minimum absolute atomic E-state index is 0.0324. The topological polar surface area (TPSA) is 111 Å². The van der Waals surface area contributed by atoms with Crippen molar-refractivity contribution in [1.29, 1.82) is 0 Å².